The highest BCUT2D eigenvalue weighted by atomic mass is 16.5. The number of rotatable bonds is 14. The summed E-state index contributed by atoms with van der Waals surface area (Å²) in [7, 11) is 0. The van der Waals surface area contributed by atoms with Crippen LogP contribution in [0.25, 0.3) is 0 Å². The van der Waals surface area contributed by atoms with Gasteiger partial charge in [0.2, 0.25) is 0 Å². The molecule has 0 radical (unpaired) electrons. The highest BCUT2D eigenvalue weighted by molar-refractivity contribution is 6.21. The highest BCUT2D eigenvalue weighted by Gasteiger charge is 2.36. The third-order valence-electron chi connectivity index (χ3n) is 8.13. The van der Waals surface area contributed by atoms with Crippen LogP contribution in [0.15, 0.2) is 54.6 Å². The molecule has 2 amide bonds. The minimum atomic E-state index is -0.689. The third-order valence-corrected chi connectivity index (χ3v) is 8.13. The fourth-order valence-electron chi connectivity index (χ4n) is 5.72. The second-order valence-corrected chi connectivity index (χ2v) is 11.3. The minimum Gasteiger partial charge on any atom is -0.465 e. The number of hydrogen-bond donors (Lipinski definition) is 0. The number of imide groups is 1. The van der Waals surface area contributed by atoms with E-state index in [0.29, 0.717) is 63.2 Å². The van der Waals surface area contributed by atoms with Crippen molar-refractivity contribution < 1.29 is 38.2 Å². The molecule has 0 spiro atoms. The molecule has 12 nitrogen and oxygen atoms in total. The summed E-state index contributed by atoms with van der Waals surface area (Å²) in [5.74, 6) is -1.78. The molecule has 1 fully saturated rings. The predicted molar refractivity (Wildman–Crippen MR) is 169 cm³/mol. The molecule has 2 aliphatic rings. The summed E-state index contributed by atoms with van der Waals surface area (Å²) in [6.45, 7) is 7.39. The van der Waals surface area contributed by atoms with E-state index in [0.717, 1.165) is 5.56 Å². The van der Waals surface area contributed by atoms with Crippen LogP contribution in [0.5, 0.6) is 0 Å². The van der Waals surface area contributed by atoms with E-state index in [2.05, 4.69) is 0 Å². The maximum absolute atomic E-state index is 13.7. The summed E-state index contributed by atoms with van der Waals surface area (Å²) in [6, 6.07) is 15.5. The summed E-state index contributed by atoms with van der Waals surface area (Å²) < 4.78 is 16.2. The van der Waals surface area contributed by atoms with Crippen LogP contribution in [0.1, 0.15) is 53.0 Å². The van der Waals surface area contributed by atoms with Gasteiger partial charge in [-0.15, -0.1) is 0 Å². The molecule has 2 heterocycles. The molecule has 248 valence electrons. The first kappa shape index (κ1) is 34.7. The SMILES string of the molecule is CCOC(=O)CN1CCN(CC(=O)OCC)CCN(C(CCCN2C(=O)c3ccccc3C2=O)C(=O)OCc2ccccc2)CC1. The average molecular weight is 637 g/mol. The van der Waals surface area contributed by atoms with Crippen LogP contribution >= 0.6 is 0 Å². The first-order valence-corrected chi connectivity index (χ1v) is 16.0. The number of esters is 3. The number of ether oxygens (including phenoxy) is 3. The van der Waals surface area contributed by atoms with Gasteiger partial charge in [-0.1, -0.05) is 42.5 Å². The summed E-state index contributed by atoms with van der Waals surface area (Å²) in [6.07, 6.45) is 0.711. The van der Waals surface area contributed by atoms with Crippen molar-refractivity contribution in [2.45, 2.75) is 39.3 Å². The van der Waals surface area contributed by atoms with Crippen molar-refractivity contribution >= 4 is 29.7 Å². The Kier molecular flexibility index (Phi) is 13.2. The first-order chi connectivity index (χ1) is 22.3. The van der Waals surface area contributed by atoms with Gasteiger partial charge in [0.15, 0.2) is 0 Å². The van der Waals surface area contributed by atoms with Crippen LogP contribution in [-0.2, 0) is 35.2 Å². The number of benzene rings is 2. The van der Waals surface area contributed by atoms with Crippen LogP contribution in [-0.4, -0.2) is 127 Å². The zero-order chi connectivity index (χ0) is 32.9. The Balaban J connectivity index is 1.51. The largest absolute Gasteiger partial charge is 0.465 e. The Morgan fingerprint density at radius 1 is 0.696 bits per heavy atom. The summed E-state index contributed by atoms with van der Waals surface area (Å²) in [5, 5.41) is 0. The fourth-order valence-corrected chi connectivity index (χ4v) is 5.72. The van der Waals surface area contributed by atoms with Gasteiger partial charge in [-0.25, -0.2) is 0 Å². The topological polar surface area (TPSA) is 126 Å². The van der Waals surface area contributed by atoms with Gasteiger partial charge in [-0.3, -0.25) is 43.6 Å². The third kappa shape index (κ3) is 9.68. The van der Waals surface area contributed by atoms with Gasteiger partial charge in [0, 0.05) is 45.8 Å². The molecule has 0 aromatic heterocycles. The monoisotopic (exact) mass is 636 g/mol. The zero-order valence-electron chi connectivity index (χ0n) is 26.7. The van der Waals surface area contributed by atoms with E-state index in [4.69, 9.17) is 14.2 Å². The lowest BCUT2D eigenvalue weighted by atomic mass is 10.1. The molecule has 2 aromatic carbocycles. The molecule has 4 rings (SSSR count). The Morgan fingerprint density at radius 2 is 1.20 bits per heavy atom. The summed E-state index contributed by atoms with van der Waals surface area (Å²) in [5.41, 5.74) is 1.62. The maximum atomic E-state index is 13.7. The fraction of sp³-hybridized carbons (Fsp3) is 0.500. The van der Waals surface area contributed by atoms with E-state index in [1.54, 1.807) is 38.1 Å². The van der Waals surface area contributed by atoms with Gasteiger partial charge >= 0.3 is 17.9 Å². The van der Waals surface area contributed by atoms with Crippen LogP contribution in [0.2, 0.25) is 0 Å². The number of hydrogen-bond acceptors (Lipinski definition) is 11. The molecule has 0 saturated carbocycles. The van der Waals surface area contributed by atoms with Gasteiger partial charge in [0.25, 0.3) is 11.8 Å². The molecule has 1 unspecified atom stereocenters. The summed E-state index contributed by atoms with van der Waals surface area (Å²) in [4.78, 5) is 71.6. The molecule has 12 heteroatoms. The highest BCUT2D eigenvalue weighted by Crippen LogP contribution is 2.23. The smallest absolute Gasteiger partial charge is 0.323 e. The molecule has 2 aromatic rings. The van der Waals surface area contributed by atoms with E-state index in [-0.39, 0.29) is 63.2 Å². The number of amides is 2. The Labute approximate surface area is 270 Å². The van der Waals surface area contributed by atoms with Crippen LogP contribution in [0.4, 0.5) is 0 Å². The van der Waals surface area contributed by atoms with Crippen molar-refractivity contribution in [3.63, 3.8) is 0 Å². The predicted octanol–water partition coefficient (Wildman–Crippen LogP) is 2.22. The van der Waals surface area contributed by atoms with Gasteiger partial charge in [-0.2, -0.15) is 0 Å². The number of fused-ring (bicyclic) bond motifs is 1. The molecule has 0 N–H and O–H groups in total. The van der Waals surface area contributed by atoms with E-state index < -0.39 is 12.0 Å². The maximum Gasteiger partial charge on any atom is 0.323 e. The number of nitrogens with zero attached hydrogens (tertiary/aromatic N) is 4. The second-order valence-electron chi connectivity index (χ2n) is 11.3. The molecule has 1 saturated heterocycles. The molecule has 0 bridgehead atoms. The molecule has 1 atom stereocenters. The quantitative estimate of drug-likeness (QED) is 0.172. The molecule has 2 aliphatic heterocycles. The van der Waals surface area contributed by atoms with Crippen LogP contribution < -0.4 is 0 Å². The Hall–Kier alpha value is -4.13. The summed E-state index contributed by atoms with van der Waals surface area (Å²) >= 11 is 0. The molecule has 0 aliphatic carbocycles. The lowest BCUT2D eigenvalue weighted by Crippen LogP contribution is -2.48. The van der Waals surface area contributed by atoms with Crippen molar-refractivity contribution in [3.8, 4) is 0 Å². The van der Waals surface area contributed by atoms with E-state index in [1.165, 1.54) is 4.90 Å². The molecule has 46 heavy (non-hydrogen) atoms. The second kappa shape index (κ2) is 17.5. The molecular weight excluding hydrogens is 592 g/mol. The first-order valence-electron chi connectivity index (χ1n) is 16.0. The van der Waals surface area contributed by atoms with Crippen molar-refractivity contribution in [1.82, 2.24) is 19.6 Å². The van der Waals surface area contributed by atoms with Crippen molar-refractivity contribution in [1.29, 1.82) is 0 Å². The standard InChI is InChI=1S/C34H44N4O8/c1-3-44-30(39)23-35-17-18-36(24-31(40)45-4-2)20-22-37(21-19-35)29(34(43)46-25-26-11-6-5-7-12-26)15-10-16-38-32(41)27-13-8-9-14-28(27)33(38)42/h5-9,11-14,29H,3-4,10,15-25H2,1-2H3. The van der Waals surface area contributed by atoms with Crippen molar-refractivity contribution in [2.75, 3.05) is 72.1 Å². The van der Waals surface area contributed by atoms with E-state index in [1.807, 2.05) is 45.0 Å². The van der Waals surface area contributed by atoms with Gasteiger partial charge < -0.3 is 14.2 Å². The van der Waals surface area contributed by atoms with Gasteiger partial charge in [-0.05, 0) is 44.4 Å². The van der Waals surface area contributed by atoms with E-state index in [9.17, 15) is 24.0 Å². The van der Waals surface area contributed by atoms with Crippen LogP contribution in [0.3, 0.4) is 0 Å². The van der Waals surface area contributed by atoms with Crippen molar-refractivity contribution in [2.24, 2.45) is 0 Å². The van der Waals surface area contributed by atoms with Gasteiger partial charge in [0.1, 0.15) is 12.6 Å². The minimum absolute atomic E-state index is 0.0811. The Bertz CT molecular complexity index is 1290. The van der Waals surface area contributed by atoms with Crippen LogP contribution in [0, 0.1) is 0 Å². The van der Waals surface area contributed by atoms with E-state index >= 15 is 0 Å². The number of carbonyl (C=O) groups excluding carboxylic acids is 5. The normalized spacial score (nSPS) is 17.0. The Morgan fingerprint density at radius 3 is 1.72 bits per heavy atom. The molecular formula is C34H44N4O8. The average Bonchev–Trinajstić information content (AvgIpc) is 3.34. The number of carbonyl (C=O) groups is 5. The zero-order valence-corrected chi connectivity index (χ0v) is 26.7. The van der Waals surface area contributed by atoms with Gasteiger partial charge in [0.05, 0.1) is 37.4 Å². The lowest BCUT2D eigenvalue weighted by molar-refractivity contribution is -0.152. The van der Waals surface area contributed by atoms with Crippen molar-refractivity contribution in [3.05, 3.63) is 71.3 Å². The lowest BCUT2D eigenvalue weighted by Gasteiger charge is -2.32.